The van der Waals surface area contributed by atoms with Gasteiger partial charge in [-0.1, -0.05) is 168 Å². The average molecular weight is 631 g/mol. The highest BCUT2D eigenvalue weighted by Gasteiger charge is 2.38. The fraction of sp³-hybridized carbons (Fsp3) is 0. The zero-order chi connectivity index (χ0) is 30.9. The van der Waals surface area contributed by atoms with Gasteiger partial charge in [0, 0.05) is 19.6 Å². The fourth-order valence-corrected chi connectivity index (χ4v) is 10.3. The molecule has 0 spiro atoms. The zero-order valence-corrected chi connectivity index (χ0v) is 27.1. The van der Waals surface area contributed by atoms with E-state index in [1.54, 1.807) is 0 Å². The van der Waals surface area contributed by atoms with Crippen LogP contribution in [-0.4, -0.2) is 6.71 Å². The molecule has 0 amide bonds. The molecular formula is C44H27BS2. The molecular weight excluding hydrogens is 603 g/mol. The Morgan fingerprint density at radius 1 is 0.319 bits per heavy atom. The summed E-state index contributed by atoms with van der Waals surface area (Å²) >= 11 is 3.85. The van der Waals surface area contributed by atoms with Gasteiger partial charge in [0.25, 0.3) is 0 Å². The van der Waals surface area contributed by atoms with E-state index < -0.39 is 0 Å². The molecule has 0 aromatic heterocycles. The maximum Gasteiger partial charge on any atom is 0.247 e. The Labute approximate surface area is 283 Å². The van der Waals surface area contributed by atoms with Crippen LogP contribution in [0, 0.1) is 0 Å². The average Bonchev–Trinajstić information content (AvgIpc) is 3.14. The standard InChI is InChI=1S/C44H27BS2/c1-2-13-28(14-3-1)42-32-17-4-6-19-34(32)43(35-20-7-5-18-33(35)42)30-16-12-15-29(25-30)31-26-40-44-41(27-31)47-39-24-11-9-22-37(39)45(44)36-21-8-10-23-38(36)46-40/h1-27H. The summed E-state index contributed by atoms with van der Waals surface area (Å²) in [6.07, 6.45) is 0. The number of fused-ring (bicyclic) bond motifs is 6. The Hall–Kier alpha value is -4.96. The minimum atomic E-state index is 0.274. The van der Waals surface area contributed by atoms with Gasteiger partial charge in [-0.05, 0) is 90.7 Å². The lowest BCUT2D eigenvalue weighted by atomic mass is 9.36. The minimum Gasteiger partial charge on any atom is -0.0911 e. The van der Waals surface area contributed by atoms with E-state index in [1.165, 1.54) is 90.9 Å². The molecule has 0 atom stereocenters. The van der Waals surface area contributed by atoms with E-state index in [0.717, 1.165) is 0 Å². The Morgan fingerprint density at radius 2 is 0.766 bits per heavy atom. The van der Waals surface area contributed by atoms with Crippen LogP contribution >= 0.6 is 23.5 Å². The molecule has 2 aliphatic rings. The van der Waals surface area contributed by atoms with Crippen LogP contribution in [0.15, 0.2) is 183 Å². The molecule has 2 aliphatic heterocycles. The predicted molar refractivity (Wildman–Crippen MR) is 204 cm³/mol. The molecule has 2 heterocycles. The van der Waals surface area contributed by atoms with Crippen molar-refractivity contribution in [1.29, 1.82) is 0 Å². The quantitative estimate of drug-likeness (QED) is 0.141. The second kappa shape index (κ2) is 10.8. The first-order valence-electron chi connectivity index (χ1n) is 16.1. The van der Waals surface area contributed by atoms with Crippen molar-refractivity contribution in [3.8, 4) is 33.4 Å². The summed E-state index contributed by atoms with van der Waals surface area (Å²) in [6.45, 7) is 0.274. The molecule has 0 unspecified atom stereocenters. The van der Waals surface area contributed by atoms with Crippen molar-refractivity contribution in [3.63, 3.8) is 0 Å². The van der Waals surface area contributed by atoms with Crippen molar-refractivity contribution in [2.75, 3.05) is 0 Å². The van der Waals surface area contributed by atoms with Crippen molar-refractivity contribution < 1.29 is 0 Å². The molecule has 0 bridgehead atoms. The van der Waals surface area contributed by atoms with Crippen LogP contribution in [0.5, 0.6) is 0 Å². The monoisotopic (exact) mass is 630 g/mol. The van der Waals surface area contributed by atoms with Gasteiger partial charge >= 0.3 is 0 Å². The van der Waals surface area contributed by atoms with Crippen molar-refractivity contribution in [2.24, 2.45) is 0 Å². The third kappa shape index (κ3) is 4.27. The number of hydrogen-bond acceptors (Lipinski definition) is 2. The SMILES string of the molecule is c1ccc(-c2c3ccccc3c(-c3cccc(-c4cc5c6c(c4)Sc4ccccc4B6c4ccccc4S5)c3)c3ccccc23)cc1. The fourth-order valence-electron chi connectivity index (χ4n) is 7.77. The Bertz CT molecular complexity index is 2410. The van der Waals surface area contributed by atoms with E-state index in [9.17, 15) is 0 Å². The summed E-state index contributed by atoms with van der Waals surface area (Å²) in [5.41, 5.74) is 11.9. The summed E-state index contributed by atoms with van der Waals surface area (Å²) < 4.78 is 0. The van der Waals surface area contributed by atoms with Crippen LogP contribution in [0.4, 0.5) is 0 Å². The number of hydrogen-bond donors (Lipinski definition) is 0. The number of benzene rings is 8. The Kier molecular flexibility index (Phi) is 6.25. The van der Waals surface area contributed by atoms with Gasteiger partial charge in [-0.2, -0.15) is 0 Å². The van der Waals surface area contributed by atoms with Crippen molar-refractivity contribution >= 4 is 68.2 Å². The van der Waals surface area contributed by atoms with E-state index in [-0.39, 0.29) is 6.71 Å². The van der Waals surface area contributed by atoms with E-state index in [1.807, 2.05) is 23.5 Å². The molecule has 218 valence electrons. The van der Waals surface area contributed by atoms with Gasteiger partial charge in [0.15, 0.2) is 0 Å². The molecule has 0 aliphatic carbocycles. The first-order chi connectivity index (χ1) is 23.3. The first kappa shape index (κ1) is 27.2. The smallest absolute Gasteiger partial charge is 0.0911 e. The third-order valence-corrected chi connectivity index (χ3v) is 12.1. The lowest BCUT2D eigenvalue weighted by Crippen LogP contribution is -2.57. The highest BCUT2D eigenvalue weighted by molar-refractivity contribution is 8.01. The minimum absolute atomic E-state index is 0.274. The second-order valence-electron chi connectivity index (χ2n) is 12.4. The molecule has 0 N–H and O–H groups in total. The van der Waals surface area contributed by atoms with Crippen molar-refractivity contribution in [3.05, 3.63) is 164 Å². The lowest BCUT2D eigenvalue weighted by molar-refractivity contribution is 1.33. The molecule has 8 aromatic carbocycles. The molecule has 3 heteroatoms. The Morgan fingerprint density at radius 3 is 1.34 bits per heavy atom. The van der Waals surface area contributed by atoms with Crippen LogP contribution < -0.4 is 16.4 Å². The highest BCUT2D eigenvalue weighted by atomic mass is 32.2. The Balaban J connectivity index is 1.18. The molecule has 0 saturated carbocycles. The van der Waals surface area contributed by atoms with Crippen LogP contribution in [0.25, 0.3) is 54.9 Å². The molecule has 0 fully saturated rings. The largest absolute Gasteiger partial charge is 0.247 e. The lowest BCUT2D eigenvalue weighted by Gasteiger charge is -2.33. The highest BCUT2D eigenvalue weighted by Crippen LogP contribution is 2.45. The first-order valence-corrected chi connectivity index (χ1v) is 17.8. The van der Waals surface area contributed by atoms with Crippen LogP contribution in [0.1, 0.15) is 0 Å². The van der Waals surface area contributed by atoms with E-state index in [0.29, 0.717) is 0 Å². The molecule has 47 heavy (non-hydrogen) atoms. The van der Waals surface area contributed by atoms with Crippen molar-refractivity contribution in [2.45, 2.75) is 19.6 Å². The maximum absolute atomic E-state index is 2.44. The van der Waals surface area contributed by atoms with Crippen molar-refractivity contribution in [1.82, 2.24) is 0 Å². The summed E-state index contributed by atoms with van der Waals surface area (Å²) in [7, 11) is 0. The van der Waals surface area contributed by atoms with Gasteiger partial charge < -0.3 is 0 Å². The summed E-state index contributed by atoms with van der Waals surface area (Å²) in [5.74, 6) is 0. The third-order valence-electron chi connectivity index (χ3n) is 9.77. The van der Waals surface area contributed by atoms with Crippen LogP contribution in [0.2, 0.25) is 0 Å². The zero-order valence-electron chi connectivity index (χ0n) is 25.5. The molecule has 0 nitrogen and oxygen atoms in total. The molecule has 8 aromatic rings. The maximum atomic E-state index is 2.44. The van der Waals surface area contributed by atoms with E-state index >= 15 is 0 Å². The summed E-state index contributed by atoms with van der Waals surface area (Å²) in [4.78, 5) is 5.47. The van der Waals surface area contributed by atoms with E-state index in [4.69, 9.17) is 0 Å². The topological polar surface area (TPSA) is 0 Å². The van der Waals surface area contributed by atoms with Gasteiger partial charge in [-0.25, -0.2) is 0 Å². The second-order valence-corrected chi connectivity index (χ2v) is 14.6. The van der Waals surface area contributed by atoms with Gasteiger partial charge in [0.2, 0.25) is 6.71 Å². The summed E-state index contributed by atoms with van der Waals surface area (Å²) in [5, 5.41) is 5.13. The summed E-state index contributed by atoms with van der Waals surface area (Å²) in [6, 6.07) is 60.7. The molecule has 0 radical (unpaired) electrons. The van der Waals surface area contributed by atoms with Gasteiger partial charge in [-0.15, -0.1) is 0 Å². The normalized spacial score (nSPS) is 12.9. The van der Waals surface area contributed by atoms with Gasteiger partial charge in [0.1, 0.15) is 0 Å². The molecule has 10 rings (SSSR count). The van der Waals surface area contributed by atoms with Gasteiger partial charge in [-0.3, -0.25) is 0 Å². The van der Waals surface area contributed by atoms with Crippen LogP contribution in [-0.2, 0) is 0 Å². The van der Waals surface area contributed by atoms with Crippen LogP contribution in [0.3, 0.4) is 0 Å². The predicted octanol–water partition coefficient (Wildman–Crippen LogP) is 10.4. The number of rotatable bonds is 3. The molecule has 0 saturated heterocycles. The van der Waals surface area contributed by atoms with Gasteiger partial charge in [0.05, 0.1) is 0 Å². The van der Waals surface area contributed by atoms with E-state index in [2.05, 4.69) is 164 Å².